The summed E-state index contributed by atoms with van der Waals surface area (Å²) in [5.41, 5.74) is 3.15. The number of rotatable bonds is 2. The maximum absolute atomic E-state index is 5.83. The zero-order valence-corrected chi connectivity index (χ0v) is 8.67. The van der Waals surface area contributed by atoms with E-state index < -0.39 is 0 Å². The second kappa shape index (κ2) is 3.84. The highest BCUT2D eigenvalue weighted by Gasteiger charge is 2.08. The van der Waals surface area contributed by atoms with E-state index in [0.717, 1.165) is 23.4 Å². The van der Waals surface area contributed by atoms with Crippen molar-refractivity contribution < 1.29 is 0 Å². The van der Waals surface area contributed by atoms with Gasteiger partial charge in [-0.3, -0.25) is 0 Å². The minimum absolute atomic E-state index is 0.459. The van der Waals surface area contributed by atoms with Crippen molar-refractivity contribution in [1.29, 1.82) is 0 Å². The van der Waals surface area contributed by atoms with Gasteiger partial charge in [0.1, 0.15) is 0 Å². The molecule has 0 fully saturated rings. The standard InChI is InChI=1S/C11H11ClN2/c1-2-9-10(14-11(12)13-9)8-6-4-3-5-7-8/h3-7H,2H2,1H3,(H,13,14). The van der Waals surface area contributed by atoms with Gasteiger partial charge in [0.05, 0.1) is 5.69 Å². The number of nitrogens with zero attached hydrogens (tertiary/aromatic N) is 1. The first-order chi connectivity index (χ1) is 6.81. The van der Waals surface area contributed by atoms with E-state index in [0.29, 0.717) is 5.28 Å². The van der Waals surface area contributed by atoms with Gasteiger partial charge in [0, 0.05) is 11.3 Å². The number of hydrogen-bond donors (Lipinski definition) is 1. The average molecular weight is 207 g/mol. The van der Waals surface area contributed by atoms with E-state index in [1.807, 2.05) is 30.3 Å². The van der Waals surface area contributed by atoms with Crippen molar-refractivity contribution in [3.63, 3.8) is 0 Å². The van der Waals surface area contributed by atoms with Gasteiger partial charge in [-0.1, -0.05) is 37.3 Å². The monoisotopic (exact) mass is 206 g/mol. The molecule has 3 heteroatoms. The number of hydrogen-bond acceptors (Lipinski definition) is 1. The van der Waals surface area contributed by atoms with Crippen LogP contribution in [0.3, 0.4) is 0 Å². The van der Waals surface area contributed by atoms with Gasteiger partial charge in [-0.15, -0.1) is 0 Å². The van der Waals surface area contributed by atoms with Crippen LogP contribution in [0.4, 0.5) is 0 Å². The summed E-state index contributed by atoms with van der Waals surface area (Å²) in [4.78, 5) is 7.31. The number of aromatic nitrogens is 2. The van der Waals surface area contributed by atoms with Crippen LogP contribution in [0, 0.1) is 0 Å². The molecule has 1 N–H and O–H groups in total. The molecule has 2 rings (SSSR count). The van der Waals surface area contributed by atoms with Crippen molar-refractivity contribution in [1.82, 2.24) is 9.97 Å². The van der Waals surface area contributed by atoms with Crippen LogP contribution in [-0.2, 0) is 6.42 Å². The summed E-state index contributed by atoms with van der Waals surface area (Å²) in [6.45, 7) is 2.08. The lowest BCUT2D eigenvalue weighted by Crippen LogP contribution is -1.84. The van der Waals surface area contributed by atoms with Crippen LogP contribution < -0.4 is 0 Å². The average Bonchev–Trinajstić information content (AvgIpc) is 2.61. The number of H-pyrrole nitrogens is 1. The lowest BCUT2D eigenvalue weighted by atomic mass is 10.1. The van der Waals surface area contributed by atoms with Gasteiger partial charge in [0.2, 0.25) is 5.28 Å². The van der Waals surface area contributed by atoms with Gasteiger partial charge >= 0.3 is 0 Å². The first-order valence-electron chi connectivity index (χ1n) is 4.61. The molecule has 0 aliphatic carbocycles. The van der Waals surface area contributed by atoms with E-state index >= 15 is 0 Å². The molecule has 2 aromatic rings. The molecule has 1 aromatic heterocycles. The fourth-order valence-electron chi connectivity index (χ4n) is 1.47. The fraction of sp³-hybridized carbons (Fsp3) is 0.182. The Hall–Kier alpha value is -1.28. The van der Waals surface area contributed by atoms with E-state index in [1.54, 1.807) is 0 Å². The maximum Gasteiger partial charge on any atom is 0.200 e. The second-order valence-corrected chi connectivity index (χ2v) is 3.43. The molecule has 0 radical (unpaired) electrons. The molecule has 0 amide bonds. The normalized spacial score (nSPS) is 10.4. The van der Waals surface area contributed by atoms with Gasteiger partial charge in [-0.05, 0) is 18.0 Å². The van der Waals surface area contributed by atoms with Crippen molar-refractivity contribution >= 4 is 11.6 Å². The van der Waals surface area contributed by atoms with E-state index in [9.17, 15) is 0 Å². The predicted octanol–water partition coefficient (Wildman–Crippen LogP) is 3.29. The molecule has 0 atom stereocenters. The third-order valence-corrected chi connectivity index (χ3v) is 2.33. The smallest absolute Gasteiger partial charge is 0.200 e. The predicted molar refractivity (Wildman–Crippen MR) is 58.4 cm³/mol. The quantitative estimate of drug-likeness (QED) is 0.803. The van der Waals surface area contributed by atoms with Crippen LogP contribution in [-0.4, -0.2) is 9.97 Å². The summed E-state index contributed by atoms with van der Waals surface area (Å²) in [6.07, 6.45) is 0.907. The molecule has 0 spiro atoms. The third-order valence-electron chi connectivity index (χ3n) is 2.15. The van der Waals surface area contributed by atoms with E-state index in [2.05, 4.69) is 16.9 Å². The summed E-state index contributed by atoms with van der Waals surface area (Å²) in [5, 5.41) is 0.459. The van der Waals surface area contributed by atoms with Crippen molar-refractivity contribution in [2.45, 2.75) is 13.3 Å². The minimum Gasteiger partial charge on any atom is -0.332 e. The highest BCUT2D eigenvalue weighted by atomic mass is 35.5. The molecular weight excluding hydrogens is 196 g/mol. The first-order valence-corrected chi connectivity index (χ1v) is 4.99. The summed E-state index contributed by atoms with van der Waals surface area (Å²) in [7, 11) is 0. The first kappa shape index (κ1) is 9.28. The Labute approximate surface area is 88.0 Å². The lowest BCUT2D eigenvalue weighted by molar-refractivity contribution is 1.07. The van der Waals surface area contributed by atoms with Crippen LogP contribution >= 0.6 is 11.6 Å². The van der Waals surface area contributed by atoms with Gasteiger partial charge in [-0.2, -0.15) is 0 Å². The number of halogens is 1. The molecule has 0 saturated carbocycles. The molecule has 0 aliphatic heterocycles. The third kappa shape index (κ3) is 1.66. The van der Waals surface area contributed by atoms with Crippen LogP contribution in [0.15, 0.2) is 30.3 Å². The highest BCUT2D eigenvalue weighted by Crippen LogP contribution is 2.23. The van der Waals surface area contributed by atoms with Crippen LogP contribution in [0.5, 0.6) is 0 Å². The van der Waals surface area contributed by atoms with Crippen LogP contribution in [0.2, 0.25) is 5.28 Å². The van der Waals surface area contributed by atoms with Crippen LogP contribution in [0.1, 0.15) is 12.6 Å². The lowest BCUT2D eigenvalue weighted by Gasteiger charge is -1.98. The number of aryl methyl sites for hydroxylation is 1. The van der Waals surface area contributed by atoms with E-state index in [-0.39, 0.29) is 0 Å². The number of benzene rings is 1. The summed E-state index contributed by atoms with van der Waals surface area (Å²) in [5.74, 6) is 0. The second-order valence-electron chi connectivity index (χ2n) is 3.07. The Kier molecular flexibility index (Phi) is 2.55. The van der Waals surface area contributed by atoms with Gasteiger partial charge in [0.15, 0.2) is 0 Å². The molecule has 0 bridgehead atoms. The summed E-state index contributed by atoms with van der Waals surface area (Å²) >= 11 is 5.83. The molecule has 2 nitrogen and oxygen atoms in total. The molecule has 1 aromatic carbocycles. The van der Waals surface area contributed by atoms with Gasteiger partial charge in [-0.25, -0.2) is 4.98 Å². The fourth-order valence-corrected chi connectivity index (χ4v) is 1.67. The minimum atomic E-state index is 0.459. The largest absolute Gasteiger partial charge is 0.332 e. The van der Waals surface area contributed by atoms with Gasteiger partial charge in [0.25, 0.3) is 0 Å². The molecule has 0 saturated heterocycles. The van der Waals surface area contributed by atoms with Crippen molar-refractivity contribution in [3.05, 3.63) is 41.3 Å². The Bertz CT molecular complexity index is 420. The van der Waals surface area contributed by atoms with E-state index in [4.69, 9.17) is 11.6 Å². The zero-order chi connectivity index (χ0) is 9.97. The number of imidazole rings is 1. The molecule has 0 unspecified atom stereocenters. The van der Waals surface area contributed by atoms with Gasteiger partial charge < -0.3 is 4.98 Å². The van der Waals surface area contributed by atoms with Crippen LogP contribution in [0.25, 0.3) is 11.3 Å². The summed E-state index contributed by atoms with van der Waals surface area (Å²) in [6, 6.07) is 10.1. The zero-order valence-electron chi connectivity index (χ0n) is 7.92. The SMILES string of the molecule is CCc1[nH]c(Cl)nc1-c1ccccc1. The Morgan fingerprint density at radius 1 is 1.29 bits per heavy atom. The maximum atomic E-state index is 5.83. The molecule has 14 heavy (non-hydrogen) atoms. The molecule has 72 valence electrons. The van der Waals surface area contributed by atoms with Crippen molar-refractivity contribution in [2.24, 2.45) is 0 Å². The molecular formula is C11H11ClN2. The topological polar surface area (TPSA) is 28.7 Å². The Balaban J connectivity index is 2.51. The summed E-state index contributed by atoms with van der Waals surface area (Å²) < 4.78 is 0. The Morgan fingerprint density at radius 3 is 2.64 bits per heavy atom. The van der Waals surface area contributed by atoms with E-state index in [1.165, 1.54) is 0 Å². The van der Waals surface area contributed by atoms with Crippen molar-refractivity contribution in [3.8, 4) is 11.3 Å². The highest BCUT2D eigenvalue weighted by molar-refractivity contribution is 6.28. The molecule has 0 aliphatic rings. The molecule has 1 heterocycles. The Morgan fingerprint density at radius 2 is 2.00 bits per heavy atom. The number of nitrogens with one attached hydrogen (secondary N) is 1. The van der Waals surface area contributed by atoms with Crippen molar-refractivity contribution in [2.75, 3.05) is 0 Å². The number of aromatic amines is 1.